The van der Waals surface area contributed by atoms with E-state index in [0.29, 0.717) is 12.1 Å². The molecule has 0 aliphatic carbocycles. The van der Waals surface area contributed by atoms with Gasteiger partial charge in [-0.3, -0.25) is 4.79 Å². The first-order chi connectivity index (χ1) is 10.4. The van der Waals surface area contributed by atoms with Gasteiger partial charge in [0, 0.05) is 30.9 Å². The molecule has 0 atom stereocenters. The van der Waals surface area contributed by atoms with Gasteiger partial charge in [-0.2, -0.15) is 0 Å². The van der Waals surface area contributed by atoms with Crippen LogP contribution in [0.2, 0.25) is 0 Å². The van der Waals surface area contributed by atoms with Gasteiger partial charge in [0.1, 0.15) is 0 Å². The number of rotatable bonds is 3. The van der Waals surface area contributed by atoms with Crippen LogP contribution in [0.3, 0.4) is 0 Å². The highest BCUT2D eigenvalue weighted by Gasteiger charge is 2.33. The van der Waals surface area contributed by atoms with Crippen LogP contribution in [0.1, 0.15) is 36.0 Å². The molecule has 4 heteroatoms. The van der Waals surface area contributed by atoms with E-state index in [1.807, 2.05) is 30.3 Å². The highest BCUT2D eigenvalue weighted by molar-refractivity contribution is 5.94. The van der Waals surface area contributed by atoms with E-state index in [2.05, 4.69) is 10.2 Å². The summed E-state index contributed by atoms with van der Waals surface area (Å²) >= 11 is 0. The number of carbonyl (C=O) groups excluding carboxylic acids is 1. The van der Waals surface area contributed by atoms with Gasteiger partial charge in [-0.15, -0.1) is 0 Å². The van der Waals surface area contributed by atoms with Crippen LogP contribution < -0.4 is 5.32 Å². The third-order valence-corrected chi connectivity index (χ3v) is 4.54. The van der Waals surface area contributed by atoms with Crippen molar-refractivity contribution in [2.45, 2.75) is 37.8 Å². The molecule has 1 aromatic carbocycles. The second-order valence-electron chi connectivity index (χ2n) is 5.90. The smallest absolute Gasteiger partial charge is 0.254 e. The van der Waals surface area contributed by atoms with Crippen molar-refractivity contribution in [1.29, 1.82) is 0 Å². The quantitative estimate of drug-likeness (QED) is 0.925. The summed E-state index contributed by atoms with van der Waals surface area (Å²) in [5, 5.41) is 3.39. The molecular formula is C17H24N2O2. The lowest BCUT2D eigenvalue weighted by molar-refractivity contribution is 0.0119. The summed E-state index contributed by atoms with van der Waals surface area (Å²) in [7, 11) is 0. The van der Waals surface area contributed by atoms with Crippen molar-refractivity contribution in [3.05, 3.63) is 35.9 Å². The van der Waals surface area contributed by atoms with E-state index in [0.717, 1.165) is 57.6 Å². The fraction of sp³-hybridized carbons (Fsp3) is 0.588. The standard InChI is InChI=1S/C17H24N2O2/c20-17(14-4-2-1-3-5-14)19(15-6-10-18-11-7-15)16-8-12-21-13-9-16/h1-5,15-16,18H,6-13H2. The Kier molecular flexibility index (Phi) is 4.88. The van der Waals surface area contributed by atoms with Crippen LogP contribution in [0.4, 0.5) is 0 Å². The lowest BCUT2D eigenvalue weighted by atomic mass is 9.97. The summed E-state index contributed by atoms with van der Waals surface area (Å²) in [4.78, 5) is 15.2. The van der Waals surface area contributed by atoms with Crippen LogP contribution in [0, 0.1) is 0 Å². The first kappa shape index (κ1) is 14.5. The Labute approximate surface area is 126 Å². The summed E-state index contributed by atoms with van der Waals surface area (Å²) in [5.74, 6) is 0.189. The molecule has 2 aliphatic rings. The van der Waals surface area contributed by atoms with E-state index in [-0.39, 0.29) is 5.91 Å². The summed E-state index contributed by atoms with van der Waals surface area (Å²) in [5.41, 5.74) is 0.808. The molecule has 3 rings (SSSR count). The van der Waals surface area contributed by atoms with E-state index < -0.39 is 0 Å². The summed E-state index contributed by atoms with van der Waals surface area (Å²) in [6.45, 7) is 3.56. The van der Waals surface area contributed by atoms with Crippen molar-refractivity contribution in [3.63, 3.8) is 0 Å². The van der Waals surface area contributed by atoms with Crippen LogP contribution >= 0.6 is 0 Å². The van der Waals surface area contributed by atoms with Crippen LogP contribution in [0.15, 0.2) is 30.3 Å². The predicted molar refractivity (Wildman–Crippen MR) is 82.3 cm³/mol. The van der Waals surface area contributed by atoms with Crippen LogP contribution in [-0.4, -0.2) is 49.2 Å². The number of benzene rings is 1. The van der Waals surface area contributed by atoms with Gasteiger partial charge in [0.05, 0.1) is 0 Å². The Balaban J connectivity index is 1.81. The van der Waals surface area contributed by atoms with Gasteiger partial charge in [-0.05, 0) is 50.9 Å². The lowest BCUT2D eigenvalue weighted by Gasteiger charge is -2.41. The molecule has 0 radical (unpaired) electrons. The number of piperidine rings is 1. The third kappa shape index (κ3) is 3.44. The Hall–Kier alpha value is -1.39. The van der Waals surface area contributed by atoms with Crippen LogP contribution in [0.25, 0.3) is 0 Å². The zero-order valence-electron chi connectivity index (χ0n) is 12.5. The van der Waals surface area contributed by atoms with Crippen molar-refractivity contribution >= 4 is 5.91 Å². The third-order valence-electron chi connectivity index (χ3n) is 4.54. The molecule has 1 amide bonds. The van der Waals surface area contributed by atoms with E-state index in [1.54, 1.807) is 0 Å². The van der Waals surface area contributed by atoms with Crippen molar-refractivity contribution in [2.75, 3.05) is 26.3 Å². The summed E-state index contributed by atoms with van der Waals surface area (Å²) in [6.07, 6.45) is 4.02. The summed E-state index contributed by atoms with van der Waals surface area (Å²) in [6, 6.07) is 10.4. The van der Waals surface area contributed by atoms with Crippen molar-refractivity contribution in [2.24, 2.45) is 0 Å². The fourth-order valence-corrected chi connectivity index (χ4v) is 3.41. The maximum absolute atomic E-state index is 13.0. The number of hydrogen-bond donors (Lipinski definition) is 1. The fourth-order valence-electron chi connectivity index (χ4n) is 3.41. The Bertz CT molecular complexity index is 433. The number of amides is 1. The highest BCUT2D eigenvalue weighted by Crippen LogP contribution is 2.24. The second kappa shape index (κ2) is 7.05. The second-order valence-corrected chi connectivity index (χ2v) is 5.90. The molecule has 0 unspecified atom stereocenters. The van der Waals surface area contributed by atoms with Gasteiger partial charge in [0.25, 0.3) is 5.91 Å². The van der Waals surface area contributed by atoms with Crippen molar-refractivity contribution < 1.29 is 9.53 Å². The Morgan fingerprint density at radius 1 is 1.00 bits per heavy atom. The monoisotopic (exact) mass is 288 g/mol. The maximum Gasteiger partial charge on any atom is 0.254 e. The Morgan fingerprint density at radius 3 is 2.29 bits per heavy atom. The molecular weight excluding hydrogens is 264 g/mol. The number of ether oxygens (including phenoxy) is 1. The molecule has 2 heterocycles. The molecule has 2 fully saturated rings. The van der Waals surface area contributed by atoms with Gasteiger partial charge in [-0.1, -0.05) is 18.2 Å². The van der Waals surface area contributed by atoms with E-state index in [4.69, 9.17) is 4.74 Å². The van der Waals surface area contributed by atoms with Crippen molar-refractivity contribution in [3.8, 4) is 0 Å². The zero-order chi connectivity index (χ0) is 14.5. The average molecular weight is 288 g/mol. The topological polar surface area (TPSA) is 41.6 Å². The number of nitrogens with zero attached hydrogens (tertiary/aromatic N) is 1. The van der Waals surface area contributed by atoms with E-state index in [9.17, 15) is 4.79 Å². The minimum Gasteiger partial charge on any atom is -0.381 e. The minimum absolute atomic E-state index is 0.189. The van der Waals surface area contributed by atoms with Gasteiger partial charge in [0.2, 0.25) is 0 Å². The van der Waals surface area contributed by atoms with E-state index >= 15 is 0 Å². The average Bonchev–Trinajstić information content (AvgIpc) is 2.58. The molecule has 114 valence electrons. The first-order valence-corrected chi connectivity index (χ1v) is 8.02. The highest BCUT2D eigenvalue weighted by atomic mass is 16.5. The molecule has 21 heavy (non-hydrogen) atoms. The number of carbonyl (C=O) groups is 1. The zero-order valence-corrected chi connectivity index (χ0v) is 12.5. The van der Waals surface area contributed by atoms with Gasteiger partial charge in [0.15, 0.2) is 0 Å². The number of hydrogen-bond acceptors (Lipinski definition) is 3. The molecule has 0 spiro atoms. The van der Waals surface area contributed by atoms with Gasteiger partial charge < -0.3 is 15.0 Å². The SMILES string of the molecule is O=C(c1ccccc1)N(C1CCNCC1)C1CCOCC1. The molecule has 0 bridgehead atoms. The maximum atomic E-state index is 13.0. The molecule has 0 saturated carbocycles. The largest absolute Gasteiger partial charge is 0.381 e. The molecule has 0 aromatic heterocycles. The van der Waals surface area contributed by atoms with Crippen molar-refractivity contribution in [1.82, 2.24) is 10.2 Å². The predicted octanol–water partition coefficient (Wildman–Crippen LogP) is 2.06. The van der Waals surface area contributed by atoms with E-state index in [1.165, 1.54) is 0 Å². The van der Waals surface area contributed by atoms with Gasteiger partial charge in [-0.25, -0.2) is 0 Å². The normalized spacial score (nSPS) is 21.1. The molecule has 1 aromatic rings. The molecule has 4 nitrogen and oxygen atoms in total. The minimum atomic E-state index is 0.189. The van der Waals surface area contributed by atoms with Crippen LogP contribution in [-0.2, 0) is 4.74 Å². The van der Waals surface area contributed by atoms with Crippen LogP contribution in [0.5, 0.6) is 0 Å². The molecule has 1 N–H and O–H groups in total. The lowest BCUT2D eigenvalue weighted by Crippen LogP contribution is -2.52. The van der Waals surface area contributed by atoms with Gasteiger partial charge >= 0.3 is 0 Å². The molecule has 2 saturated heterocycles. The number of nitrogens with one attached hydrogen (secondary N) is 1. The Morgan fingerprint density at radius 2 is 1.62 bits per heavy atom. The molecule has 2 aliphatic heterocycles. The summed E-state index contributed by atoms with van der Waals surface area (Å²) < 4.78 is 5.47. The first-order valence-electron chi connectivity index (χ1n) is 8.02.